The highest BCUT2D eigenvalue weighted by Gasteiger charge is 2.11. The highest BCUT2D eigenvalue weighted by molar-refractivity contribution is 6.07. The highest BCUT2D eigenvalue weighted by Crippen LogP contribution is 2.30. The fourth-order valence-electron chi connectivity index (χ4n) is 3.62. The third-order valence-electron chi connectivity index (χ3n) is 4.90. The molecule has 0 N–H and O–H groups in total. The van der Waals surface area contributed by atoms with Crippen molar-refractivity contribution in [1.29, 1.82) is 0 Å². The lowest BCUT2D eigenvalue weighted by atomic mass is 10.0. The zero-order valence-corrected chi connectivity index (χ0v) is 14.6. The van der Waals surface area contributed by atoms with E-state index in [4.69, 9.17) is 0 Å². The monoisotopic (exact) mass is 307 g/mol. The topological polar surface area (TPSA) is 4.93 Å². The molecule has 0 atom stereocenters. The Labute approximate surface area is 140 Å². The van der Waals surface area contributed by atoms with Gasteiger partial charge in [-0.05, 0) is 30.2 Å². The van der Waals surface area contributed by atoms with Gasteiger partial charge in [0.05, 0.1) is 5.52 Å². The van der Waals surface area contributed by atoms with Crippen LogP contribution in [0.5, 0.6) is 0 Å². The zero-order chi connectivity index (χ0) is 16.1. The fourth-order valence-corrected chi connectivity index (χ4v) is 3.62. The molecule has 0 aliphatic heterocycles. The number of unbranched alkanes of at least 4 members (excludes halogenated alkanes) is 4. The smallest absolute Gasteiger partial charge is 0.0562 e. The van der Waals surface area contributed by atoms with Crippen LogP contribution in [0, 0.1) is 0 Å². The van der Waals surface area contributed by atoms with E-state index >= 15 is 0 Å². The van der Waals surface area contributed by atoms with E-state index in [-0.39, 0.29) is 0 Å². The minimum absolute atomic E-state index is 1.14. The predicted octanol–water partition coefficient (Wildman–Crippen LogP) is 6.72. The van der Waals surface area contributed by atoms with Gasteiger partial charge in [-0.3, -0.25) is 0 Å². The van der Waals surface area contributed by atoms with Gasteiger partial charge in [0.2, 0.25) is 0 Å². The molecule has 0 fully saturated rings. The number of aryl methyl sites for hydroxylation is 2. The van der Waals surface area contributed by atoms with Crippen LogP contribution < -0.4 is 0 Å². The average Bonchev–Trinajstić information content (AvgIpc) is 2.94. The third-order valence-corrected chi connectivity index (χ3v) is 4.90. The van der Waals surface area contributed by atoms with E-state index in [0.717, 1.165) is 6.54 Å². The molecule has 0 saturated carbocycles. The maximum absolute atomic E-state index is 2.52. The minimum Gasteiger partial charge on any atom is -0.347 e. The molecule has 3 rings (SSSR count). The number of aromatic nitrogens is 1. The van der Waals surface area contributed by atoms with Gasteiger partial charge in [-0.2, -0.15) is 0 Å². The molecular weight excluding hydrogens is 278 g/mol. The molecule has 1 nitrogen and oxygen atoms in total. The van der Waals surface area contributed by atoms with Gasteiger partial charge >= 0.3 is 0 Å². The largest absolute Gasteiger partial charge is 0.347 e. The Balaban J connectivity index is 2.05. The molecule has 0 radical (unpaired) electrons. The molecule has 1 heterocycles. The molecule has 2 aromatic carbocycles. The van der Waals surface area contributed by atoms with E-state index in [1.54, 1.807) is 0 Å². The molecular formula is C22H29N. The maximum Gasteiger partial charge on any atom is 0.0562 e. The summed E-state index contributed by atoms with van der Waals surface area (Å²) in [7, 11) is 0. The molecule has 0 saturated heterocycles. The van der Waals surface area contributed by atoms with Crippen LogP contribution in [0.15, 0.2) is 42.6 Å². The molecule has 1 aromatic heterocycles. The molecule has 122 valence electrons. The Kier molecular flexibility index (Phi) is 5.38. The van der Waals surface area contributed by atoms with Crippen molar-refractivity contribution in [3.63, 3.8) is 0 Å². The lowest BCUT2D eigenvalue weighted by Gasteiger charge is -2.07. The number of fused-ring (bicyclic) bond motifs is 3. The molecule has 1 heteroatoms. The summed E-state index contributed by atoms with van der Waals surface area (Å²) >= 11 is 0. The predicted molar refractivity (Wildman–Crippen MR) is 102 cm³/mol. The summed E-state index contributed by atoms with van der Waals surface area (Å²) in [6, 6.07) is 13.5. The van der Waals surface area contributed by atoms with Gasteiger partial charge in [0.15, 0.2) is 0 Å². The van der Waals surface area contributed by atoms with Gasteiger partial charge in [-0.15, -0.1) is 0 Å². The van der Waals surface area contributed by atoms with Gasteiger partial charge < -0.3 is 4.57 Å². The number of hydrogen-bond donors (Lipinski definition) is 0. The second-order valence-corrected chi connectivity index (χ2v) is 6.69. The molecule has 0 amide bonds. The van der Waals surface area contributed by atoms with Gasteiger partial charge in [-0.1, -0.05) is 75.9 Å². The van der Waals surface area contributed by atoms with Crippen molar-refractivity contribution in [2.45, 2.75) is 65.3 Å². The normalized spacial score (nSPS) is 11.6. The second-order valence-electron chi connectivity index (χ2n) is 6.69. The first-order chi connectivity index (χ1) is 11.3. The summed E-state index contributed by atoms with van der Waals surface area (Å²) < 4.78 is 2.52. The van der Waals surface area contributed by atoms with E-state index in [0.29, 0.717) is 0 Å². The first-order valence-corrected chi connectivity index (χ1v) is 9.34. The number of nitrogens with zero attached hydrogens (tertiary/aromatic N) is 1. The second kappa shape index (κ2) is 7.68. The maximum atomic E-state index is 2.52. The lowest BCUT2D eigenvalue weighted by Crippen LogP contribution is -1.96. The van der Waals surface area contributed by atoms with Crippen molar-refractivity contribution in [3.8, 4) is 0 Å². The van der Waals surface area contributed by atoms with E-state index in [1.165, 1.54) is 72.2 Å². The number of benzene rings is 2. The standard InChI is InChI=1S/C22H29N/c1-3-5-7-12-19-17-23(16-10-6-4-2)22-20-13-9-8-11-18(20)14-15-21(19)22/h8-9,11,13-15,17H,3-7,10,12,16H2,1-2H3. The minimum atomic E-state index is 1.14. The van der Waals surface area contributed by atoms with Crippen molar-refractivity contribution in [2.24, 2.45) is 0 Å². The zero-order valence-electron chi connectivity index (χ0n) is 14.6. The molecule has 23 heavy (non-hydrogen) atoms. The van der Waals surface area contributed by atoms with Crippen LogP contribution >= 0.6 is 0 Å². The number of hydrogen-bond acceptors (Lipinski definition) is 0. The third kappa shape index (κ3) is 3.44. The summed E-state index contributed by atoms with van der Waals surface area (Å²) in [5, 5.41) is 4.23. The summed E-state index contributed by atoms with van der Waals surface area (Å²) in [5.41, 5.74) is 2.99. The molecule has 0 spiro atoms. The molecule has 0 aliphatic rings. The van der Waals surface area contributed by atoms with Crippen molar-refractivity contribution < 1.29 is 0 Å². The van der Waals surface area contributed by atoms with Crippen LogP contribution in [0.1, 0.15) is 57.9 Å². The Morgan fingerprint density at radius 2 is 1.57 bits per heavy atom. The Hall–Kier alpha value is -1.76. The molecule has 3 aromatic rings. The van der Waals surface area contributed by atoms with Crippen LogP contribution in [-0.2, 0) is 13.0 Å². The van der Waals surface area contributed by atoms with E-state index < -0.39 is 0 Å². The SMILES string of the molecule is CCCCCc1cn(CCCCC)c2c1ccc1ccccc12. The summed E-state index contributed by atoms with van der Waals surface area (Å²) in [4.78, 5) is 0. The Bertz CT molecular complexity index is 766. The van der Waals surface area contributed by atoms with Gasteiger partial charge in [0.1, 0.15) is 0 Å². The van der Waals surface area contributed by atoms with Gasteiger partial charge in [0, 0.05) is 23.5 Å². The Morgan fingerprint density at radius 3 is 2.39 bits per heavy atom. The average molecular weight is 307 g/mol. The van der Waals surface area contributed by atoms with Crippen molar-refractivity contribution in [1.82, 2.24) is 4.57 Å². The quantitative estimate of drug-likeness (QED) is 0.407. The van der Waals surface area contributed by atoms with Crippen LogP contribution in [-0.4, -0.2) is 4.57 Å². The molecule has 0 bridgehead atoms. The Morgan fingerprint density at radius 1 is 0.783 bits per heavy atom. The van der Waals surface area contributed by atoms with E-state index in [2.05, 4.69) is 61.0 Å². The van der Waals surface area contributed by atoms with Gasteiger partial charge in [0.25, 0.3) is 0 Å². The van der Waals surface area contributed by atoms with Crippen molar-refractivity contribution in [3.05, 3.63) is 48.2 Å². The number of rotatable bonds is 8. The first kappa shape index (κ1) is 16.1. The summed E-state index contributed by atoms with van der Waals surface area (Å²) in [5.74, 6) is 0. The summed E-state index contributed by atoms with van der Waals surface area (Å²) in [6.07, 6.45) is 11.4. The van der Waals surface area contributed by atoms with Crippen LogP contribution in [0.3, 0.4) is 0 Å². The van der Waals surface area contributed by atoms with Crippen molar-refractivity contribution >= 4 is 21.7 Å². The highest BCUT2D eigenvalue weighted by atomic mass is 15.0. The first-order valence-electron chi connectivity index (χ1n) is 9.34. The van der Waals surface area contributed by atoms with E-state index in [1.807, 2.05) is 0 Å². The summed E-state index contributed by atoms with van der Waals surface area (Å²) in [6.45, 7) is 5.70. The molecule has 0 aliphatic carbocycles. The van der Waals surface area contributed by atoms with Gasteiger partial charge in [-0.25, -0.2) is 0 Å². The molecule has 0 unspecified atom stereocenters. The lowest BCUT2D eigenvalue weighted by molar-refractivity contribution is 0.615. The van der Waals surface area contributed by atoms with Crippen LogP contribution in [0.25, 0.3) is 21.7 Å². The van der Waals surface area contributed by atoms with E-state index in [9.17, 15) is 0 Å². The van der Waals surface area contributed by atoms with Crippen LogP contribution in [0.4, 0.5) is 0 Å². The van der Waals surface area contributed by atoms with Crippen LogP contribution in [0.2, 0.25) is 0 Å². The van der Waals surface area contributed by atoms with Crippen molar-refractivity contribution in [2.75, 3.05) is 0 Å². The fraction of sp³-hybridized carbons (Fsp3) is 0.455.